The zero-order valence-corrected chi connectivity index (χ0v) is 11.9. The quantitative estimate of drug-likeness (QED) is 0.929. The molecule has 1 N–H and O–H groups in total. The lowest BCUT2D eigenvalue weighted by atomic mass is 10.2. The van der Waals surface area contributed by atoms with Gasteiger partial charge in [0.25, 0.3) is 5.56 Å². The Morgan fingerprint density at radius 3 is 2.43 bits per heavy atom. The first-order valence-corrected chi connectivity index (χ1v) is 6.18. The summed E-state index contributed by atoms with van der Waals surface area (Å²) in [6.07, 6.45) is 0. The maximum absolute atomic E-state index is 12.4. The number of carboxylic acids is 1. The zero-order valence-electron chi connectivity index (χ0n) is 11.9. The summed E-state index contributed by atoms with van der Waals surface area (Å²) in [5.74, 6) is -0.281. The molecule has 0 bridgehead atoms. The highest BCUT2D eigenvalue weighted by Gasteiger charge is 2.16. The van der Waals surface area contributed by atoms with Gasteiger partial charge < -0.3 is 14.6 Å². The fraction of sp³-hybridized carbons (Fsp3) is 0.200. The van der Waals surface area contributed by atoms with Crippen molar-refractivity contribution in [2.45, 2.75) is 6.92 Å². The molecule has 0 fully saturated rings. The smallest absolute Gasteiger partial charge is 0.341 e. The van der Waals surface area contributed by atoms with E-state index in [0.29, 0.717) is 22.9 Å². The Bertz CT molecular complexity index is 748. The van der Waals surface area contributed by atoms with Crippen LogP contribution in [0, 0.1) is 6.92 Å². The Morgan fingerprint density at radius 1 is 1.14 bits per heavy atom. The molecule has 0 spiro atoms. The van der Waals surface area contributed by atoms with Crippen molar-refractivity contribution < 1.29 is 19.4 Å². The third kappa shape index (κ3) is 2.60. The van der Waals surface area contributed by atoms with E-state index in [0.717, 1.165) is 0 Å². The van der Waals surface area contributed by atoms with E-state index in [1.807, 2.05) is 0 Å². The summed E-state index contributed by atoms with van der Waals surface area (Å²) in [4.78, 5) is 23.5. The number of aromatic carboxylic acids is 1. The van der Waals surface area contributed by atoms with Crippen LogP contribution in [-0.4, -0.2) is 29.9 Å². The maximum Gasteiger partial charge on any atom is 0.341 e. The molecule has 0 unspecified atom stereocenters. The normalized spacial score (nSPS) is 10.2. The molecule has 0 amide bonds. The molecule has 110 valence electrons. The van der Waals surface area contributed by atoms with E-state index in [1.165, 1.54) is 24.9 Å². The number of aryl methyl sites for hydroxylation is 1. The van der Waals surface area contributed by atoms with Crippen molar-refractivity contribution in [3.8, 4) is 17.2 Å². The SMILES string of the molecule is COc1ccc(OC)c(-n2c(C)ccc(C(=O)O)c2=O)c1. The van der Waals surface area contributed by atoms with Crippen molar-refractivity contribution >= 4 is 5.97 Å². The van der Waals surface area contributed by atoms with E-state index in [9.17, 15) is 9.59 Å². The second-order valence-corrected chi connectivity index (χ2v) is 4.37. The van der Waals surface area contributed by atoms with E-state index < -0.39 is 11.5 Å². The number of carboxylic acid groups (broad SMARTS) is 1. The van der Waals surface area contributed by atoms with Gasteiger partial charge in [-0.15, -0.1) is 0 Å². The molecule has 1 aromatic carbocycles. The number of benzene rings is 1. The molecular weight excluding hydrogens is 274 g/mol. The molecule has 0 saturated heterocycles. The Kier molecular flexibility index (Phi) is 3.98. The third-order valence-electron chi connectivity index (χ3n) is 3.13. The zero-order chi connectivity index (χ0) is 15.6. The number of methoxy groups -OCH3 is 2. The molecule has 1 heterocycles. The van der Waals surface area contributed by atoms with Crippen molar-refractivity contribution in [1.29, 1.82) is 0 Å². The number of carbonyl (C=O) groups is 1. The number of aromatic nitrogens is 1. The maximum atomic E-state index is 12.4. The van der Waals surface area contributed by atoms with Crippen LogP contribution in [0.5, 0.6) is 11.5 Å². The average Bonchev–Trinajstić information content (AvgIpc) is 2.46. The first kappa shape index (κ1) is 14.6. The molecule has 0 radical (unpaired) electrons. The minimum atomic E-state index is -1.27. The topological polar surface area (TPSA) is 77.8 Å². The minimum Gasteiger partial charge on any atom is -0.497 e. The number of ether oxygens (including phenoxy) is 2. The van der Waals surface area contributed by atoms with E-state index >= 15 is 0 Å². The van der Waals surface area contributed by atoms with Gasteiger partial charge in [0.2, 0.25) is 0 Å². The van der Waals surface area contributed by atoms with Crippen LogP contribution in [0.1, 0.15) is 16.1 Å². The lowest BCUT2D eigenvalue weighted by Gasteiger charge is -2.15. The predicted octanol–water partition coefficient (Wildman–Crippen LogP) is 1.86. The van der Waals surface area contributed by atoms with Gasteiger partial charge in [-0.05, 0) is 31.2 Å². The minimum absolute atomic E-state index is 0.300. The van der Waals surface area contributed by atoms with Crippen LogP contribution in [-0.2, 0) is 0 Å². The molecule has 0 saturated carbocycles. The van der Waals surface area contributed by atoms with Crippen molar-refractivity contribution in [1.82, 2.24) is 4.57 Å². The molecule has 0 aliphatic carbocycles. The predicted molar refractivity (Wildman–Crippen MR) is 76.8 cm³/mol. The molecule has 1 aromatic heterocycles. The molecule has 0 aliphatic rings. The Morgan fingerprint density at radius 2 is 1.86 bits per heavy atom. The van der Waals surface area contributed by atoms with Gasteiger partial charge in [0, 0.05) is 11.8 Å². The van der Waals surface area contributed by atoms with Gasteiger partial charge in [-0.25, -0.2) is 4.79 Å². The largest absolute Gasteiger partial charge is 0.497 e. The first-order valence-electron chi connectivity index (χ1n) is 6.18. The summed E-state index contributed by atoms with van der Waals surface area (Å²) in [7, 11) is 2.99. The number of hydrogen-bond acceptors (Lipinski definition) is 4. The molecule has 21 heavy (non-hydrogen) atoms. The Labute approximate surface area is 121 Å². The highest BCUT2D eigenvalue weighted by molar-refractivity contribution is 5.87. The summed E-state index contributed by atoms with van der Waals surface area (Å²) in [5, 5.41) is 9.09. The average molecular weight is 289 g/mol. The van der Waals surface area contributed by atoms with Crippen LogP contribution >= 0.6 is 0 Å². The summed E-state index contributed by atoms with van der Waals surface area (Å²) in [6.45, 7) is 1.71. The molecule has 2 aromatic rings. The van der Waals surface area contributed by atoms with E-state index in [4.69, 9.17) is 14.6 Å². The monoisotopic (exact) mass is 289 g/mol. The summed E-state index contributed by atoms with van der Waals surface area (Å²) >= 11 is 0. The summed E-state index contributed by atoms with van der Waals surface area (Å²) in [6, 6.07) is 7.85. The van der Waals surface area contributed by atoms with Crippen LogP contribution in [0.25, 0.3) is 5.69 Å². The number of nitrogens with zero attached hydrogens (tertiary/aromatic N) is 1. The van der Waals surface area contributed by atoms with Gasteiger partial charge in [-0.2, -0.15) is 0 Å². The number of hydrogen-bond donors (Lipinski definition) is 1. The molecule has 0 atom stereocenters. The van der Waals surface area contributed by atoms with Gasteiger partial charge in [0.05, 0.1) is 19.9 Å². The van der Waals surface area contributed by atoms with Gasteiger partial charge >= 0.3 is 5.97 Å². The van der Waals surface area contributed by atoms with Crippen molar-refractivity contribution in [3.05, 3.63) is 51.9 Å². The lowest BCUT2D eigenvalue weighted by molar-refractivity contribution is 0.0694. The van der Waals surface area contributed by atoms with Gasteiger partial charge in [-0.3, -0.25) is 9.36 Å². The molecular formula is C15H15NO5. The molecule has 6 heteroatoms. The molecule has 0 aliphatic heterocycles. The summed E-state index contributed by atoms with van der Waals surface area (Å²) < 4.78 is 11.7. The number of rotatable bonds is 4. The highest BCUT2D eigenvalue weighted by Crippen LogP contribution is 2.27. The number of pyridine rings is 1. The van der Waals surface area contributed by atoms with Crippen molar-refractivity contribution in [3.63, 3.8) is 0 Å². The fourth-order valence-electron chi connectivity index (χ4n) is 2.06. The first-order chi connectivity index (χ1) is 9.99. The Hall–Kier alpha value is -2.76. The Balaban J connectivity index is 2.80. The van der Waals surface area contributed by atoms with Gasteiger partial charge in [-0.1, -0.05) is 0 Å². The second kappa shape index (κ2) is 5.70. The fourth-order valence-corrected chi connectivity index (χ4v) is 2.06. The van der Waals surface area contributed by atoms with Crippen LogP contribution in [0.4, 0.5) is 0 Å². The van der Waals surface area contributed by atoms with Gasteiger partial charge in [0.15, 0.2) is 0 Å². The van der Waals surface area contributed by atoms with Crippen LogP contribution < -0.4 is 15.0 Å². The summed E-state index contributed by atoms with van der Waals surface area (Å²) in [5.41, 5.74) is 0.110. The van der Waals surface area contributed by atoms with E-state index in [2.05, 4.69) is 0 Å². The molecule has 6 nitrogen and oxygen atoms in total. The van der Waals surface area contributed by atoms with Crippen molar-refractivity contribution in [2.75, 3.05) is 14.2 Å². The van der Waals surface area contributed by atoms with Crippen molar-refractivity contribution in [2.24, 2.45) is 0 Å². The lowest BCUT2D eigenvalue weighted by Crippen LogP contribution is -2.26. The third-order valence-corrected chi connectivity index (χ3v) is 3.13. The van der Waals surface area contributed by atoms with Crippen LogP contribution in [0.3, 0.4) is 0 Å². The van der Waals surface area contributed by atoms with E-state index in [-0.39, 0.29) is 5.56 Å². The second-order valence-electron chi connectivity index (χ2n) is 4.37. The van der Waals surface area contributed by atoms with Crippen LogP contribution in [0.15, 0.2) is 35.1 Å². The highest BCUT2D eigenvalue weighted by atomic mass is 16.5. The molecule has 2 rings (SSSR count). The van der Waals surface area contributed by atoms with Crippen LogP contribution in [0.2, 0.25) is 0 Å². The standard InChI is InChI=1S/C15H15NO5/c1-9-4-6-11(15(18)19)14(17)16(9)12-8-10(20-2)5-7-13(12)21-3/h4-8H,1-3H3,(H,18,19). The van der Waals surface area contributed by atoms with E-state index in [1.54, 1.807) is 31.2 Å². The van der Waals surface area contributed by atoms with Gasteiger partial charge in [0.1, 0.15) is 17.1 Å².